The Kier molecular flexibility index (Phi) is 2.41. The van der Waals surface area contributed by atoms with Crippen LogP contribution in [0.1, 0.15) is 15.9 Å². The van der Waals surface area contributed by atoms with Crippen LogP contribution < -0.4 is 0 Å². The maximum absolute atomic E-state index is 11.8. The lowest BCUT2D eigenvalue weighted by molar-refractivity contribution is 0.103. The average molecular weight is 194 g/mol. The Morgan fingerprint density at radius 1 is 0.643 bits per heavy atom. The van der Waals surface area contributed by atoms with Gasteiger partial charge < -0.3 is 0 Å². The predicted molar refractivity (Wildman–Crippen MR) is 56.3 cm³/mol. The Bertz CT molecular complexity index is 376. The summed E-state index contributed by atoms with van der Waals surface area (Å²) < 4.78 is 0. The lowest BCUT2D eigenvalue weighted by Gasteiger charge is -1.99. The molecule has 0 aliphatic rings. The molecule has 0 heterocycles. The van der Waals surface area contributed by atoms with Crippen LogP contribution in [0.15, 0.2) is 60.7 Å². The molecule has 0 unspecified atom stereocenters. The summed E-state index contributed by atoms with van der Waals surface area (Å²) in [5, 5.41) is 0. The molecule has 1 heteroatoms. The van der Waals surface area contributed by atoms with Crippen molar-refractivity contribution in [2.24, 2.45) is 0 Å². The van der Waals surface area contributed by atoms with Crippen molar-refractivity contribution >= 4 is 5.78 Å². The monoisotopic (exact) mass is 194 g/mol. The fourth-order valence-corrected chi connectivity index (χ4v) is 1.35. The van der Waals surface area contributed by atoms with Gasteiger partial charge in [-0.3, -0.25) is 4.79 Å². The van der Waals surface area contributed by atoms with E-state index in [2.05, 4.69) is 0 Å². The molecule has 0 N–H and O–H groups in total. The van der Waals surface area contributed by atoms with Gasteiger partial charge in [0, 0.05) is 11.1 Å². The van der Waals surface area contributed by atoms with Crippen LogP contribution in [0.2, 0.25) is 0 Å². The molecule has 1 nitrogen and oxygen atoms in total. The molecule has 0 amide bonds. The highest BCUT2D eigenvalue weighted by atomic mass is 16.2. The maximum atomic E-state index is 11.8. The molecular formula is C13H10O. The van der Waals surface area contributed by atoms with Crippen LogP contribution in [0, 0.1) is 0 Å². The molecule has 68 valence electrons. The van der Waals surface area contributed by atoms with Crippen molar-refractivity contribution in [3.05, 3.63) is 71.8 Å². The van der Waals surface area contributed by atoms with Gasteiger partial charge in [-0.15, -0.1) is 0 Å². The summed E-state index contributed by atoms with van der Waals surface area (Å²) in [6.07, 6.45) is 0. The van der Waals surface area contributed by atoms with Gasteiger partial charge in [0.2, 0.25) is 0 Å². The topological polar surface area (TPSA) is 17.1 Å². The molecule has 0 fully saturated rings. The zero-order chi connectivity index (χ0) is 9.80. The summed E-state index contributed by atoms with van der Waals surface area (Å²) in [5.41, 5.74) is 1.47. The van der Waals surface area contributed by atoms with E-state index < -0.39 is 0 Å². The predicted octanol–water partition coefficient (Wildman–Crippen LogP) is 2.92. The van der Waals surface area contributed by atoms with E-state index in [1.54, 1.807) is 0 Å². The van der Waals surface area contributed by atoms with Crippen LogP contribution in [0.4, 0.5) is 0 Å². The number of hydrogen-bond donors (Lipinski definition) is 0. The minimum Gasteiger partial charge on any atom is -0.289 e. The lowest BCUT2D eigenvalue weighted by Crippen LogP contribution is -1.99. The standard InChI is InChI=1S/C13H10O/c14-13(11-7-3-1-4-8-11)12-9-5-2-6-10-12/h1-10H/i1+1,2+1,3+1,4+1,5+1,6+1,7+1,8+1,9+1,11+1,12+1,13+1. The molecule has 0 saturated carbocycles. The van der Waals surface area contributed by atoms with E-state index in [1.165, 1.54) is 0 Å². The van der Waals surface area contributed by atoms with E-state index in [0.29, 0.717) is 0 Å². The average Bonchev–Trinajstić information content (AvgIpc) is 2.30. The molecule has 14 heavy (non-hydrogen) atoms. The maximum Gasteiger partial charge on any atom is 0.193 e. The molecule has 2 aromatic carbocycles. The summed E-state index contributed by atoms with van der Waals surface area (Å²) in [7, 11) is 0. The Morgan fingerprint density at radius 2 is 1.00 bits per heavy atom. The van der Waals surface area contributed by atoms with E-state index >= 15 is 0 Å². The molecule has 0 saturated heterocycles. The van der Waals surface area contributed by atoms with Crippen LogP contribution in [-0.2, 0) is 0 Å². The molecule has 2 rings (SSSR count). The van der Waals surface area contributed by atoms with E-state index in [4.69, 9.17) is 0 Å². The Hall–Kier alpha value is -1.89. The highest BCUT2D eigenvalue weighted by Crippen LogP contribution is 2.08. The van der Waals surface area contributed by atoms with Crippen molar-refractivity contribution in [2.75, 3.05) is 0 Å². The fraction of sp³-hybridized carbons (Fsp3) is 0. The summed E-state index contributed by atoms with van der Waals surface area (Å²) >= 11 is 0. The van der Waals surface area contributed by atoms with Crippen LogP contribution in [0.5, 0.6) is 0 Å². The second-order valence-corrected chi connectivity index (χ2v) is 3.06. The van der Waals surface area contributed by atoms with Crippen molar-refractivity contribution in [3.63, 3.8) is 0 Å². The second kappa shape index (κ2) is 3.88. The van der Waals surface area contributed by atoms with E-state index in [9.17, 15) is 4.79 Å². The first-order chi connectivity index (χ1) is 6.88. The number of hydrogen-bond acceptors (Lipinski definition) is 1. The van der Waals surface area contributed by atoms with E-state index in [-0.39, 0.29) is 5.78 Å². The zero-order valence-electron chi connectivity index (χ0n) is 7.68. The number of benzene rings is 2. The van der Waals surface area contributed by atoms with E-state index in [1.807, 2.05) is 60.7 Å². The minimum atomic E-state index is 0.0752. The van der Waals surface area contributed by atoms with Crippen LogP contribution in [-0.4, -0.2) is 5.78 Å². The minimum absolute atomic E-state index is 0.0752. The van der Waals surface area contributed by atoms with Crippen molar-refractivity contribution in [1.29, 1.82) is 0 Å². The zero-order valence-corrected chi connectivity index (χ0v) is 7.68. The lowest BCUT2D eigenvalue weighted by atomic mass is 10.9. The van der Waals surface area contributed by atoms with Gasteiger partial charge in [0.15, 0.2) is 5.78 Å². The number of carbonyl (C=O) groups is 1. The molecule has 0 aromatic heterocycles. The third-order valence-corrected chi connectivity index (χ3v) is 2.07. The van der Waals surface area contributed by atoms with Gasteiger partial charge in [-0.2, -0.15) is 0 Å². The summed E-state index contributed by atoms with van der Waals surface area (Å²) in [6.45, 7) is 0. The third kappa shape index (κ3) is 1.72. The van der Waals surface area contributed by atoms with Crippen LogP contribution in [0.25, 0.3) is 0 Å². The molecular weight excluding hydrogens is 184 g/mol. The molecule has 0 atom stereocenters. The third-order valence-electron chi connectivity index (χ3n) is 2.07. The normalized spacial score (nSPS) is 9.71. The first-order valence-corrected chi connectivity index (χ1v) is 4.53. The summed E-state index contributed by atoms with van der Waals surface area (Å²) in [6, 6.07) is 18.6. The molecule has 0 bridgehead atoms. The first kappa shape index (κ1) is 8.70. The summed E-state index contributed by atoms with van der Waals surface area (Å²) in [5.74, 6) is 0.0752. The Balaban J connectivity index is 2.35. The fourth-order valence-electron chi connectivity index (χ4n) is 1.35. The van der Waals surface area contributed by atoms with Gasteiger partial charge in [-0.25, -0.2) is 0 Å². The SMILES string of the molecule is O=[13C]([13c]1c[13cH][13cH][13cH][13cH]1)[13c]1[13cH][13cH][13cH][13cH][13cH]1. The number of rotatable bonds is 2. The molecule has 0 radical (unpaired) electrons. The van der Waals surface area contributed by atoms with Crippen molar-refractivity contribution in [1.82, 2.24) is 0 Å². The molecule has 2 aromatic rings. The van der Waals surface area contributed by atoms with Gasteiger partial charge in [0.05, 0.1) is 0 Å². The smallest absolute Gasteiger partial charge is 0.193 e. The largest absolute Gasteiger partial charge is 0.289 e. The van der Waals surface area contributed by atoms with Crippen molar-refractivity contribution in [2.45, 2.75) is 0 Å². The quantitative estimate of drug-likeness (QED) is 0.530. The molecule has 0 spiro atoms. The van der Waals surface area contributed by atoms with Gasteiger partial charge in [0.1, 0.15) is 0 Å². The van der Waals surface area contributed by atoms with Crippen LogP contribution >= 0.6 is 0 Å². The van der Waals surface area contributed by atoms with Crippen molar-refractivity contribution < 1.29 is 4.79 Å². The Morgan fingerprint density at radius 3 is 1.36 bits per heavy atom. The van der Waals surface area contributed by atoms with Gasteiger partial charge >= 0.3 is 0 Å². The van der Waals surface area contributed by atoms with Gasteiger partial charge in [-0.05, 0) is 0 Å². The van der Waals surface area contributed by atoms with Crippen molar-refractivity contribution in [3.8, 4) is 0 Å². The highest BCUT2D eigenvalue weighted by molar-refractivity contribution is 6.08. The molecule has 0 aliphatic carbocycles. The summed E-state index contributed by atoms with van der Waals surface area (Å²) in [4.78, 5) is 11.8. The van der Waals surface area contributed by atoms with Crippen LogP contribution in [0.3, 0.4) is 0 Å². The second-order valence-electron chi connectivity index (χ2n) is 3.06. The first-order valence-electron chi connectivity index (χ1n) is 4.53. The Labute approximate surface area is 83.0 Å². The van der Waals surface area contributed by atoms with E-state index in [0.717, 1.165) is 11.1 Å². The number of carbonyl (C=O) groups excluding carboxylic acids is 1. The highest BCUT2D eigenvalue weighted by Gasteiger charge is 2.06. The van der Waals surface area contributed by atoms with Gasteiger partial charge in [0.25, 0.3) is 0 Å². The van der Waals surface area contributed by atoms with Gasteiger partial charge in [-0.1, -0.05) is 60.7 Å². The number of ketones is 1. The molecule has 0 aliphatic heterocycles.